The van der Waals surface area contributed by atoms with E-state index in [2.05, 4.69) is 11.0 Å². The highest BCUT2D eigenvalue weighted by Gasteiger charge is 2.27. The molecule has 2 aromatic heterocycles. The molecule has 0 aliphatic carbocycles. The molecule has 0 radical (unpaired) electrons. The van der Waals surface area contributed by atoms with Crippen LogP contribution < -0.4 is 0 Å². The van der Waals surface area contributed by atoms with Crippen LogP contribution in [0.2, 0.25) is 0 Å². The first-order chi connectivity index (χ1) is 12.8. The first kappa shape index (κ1) is 18.0. The Labute approximate surface area is 157 Å². The van der Waals surface area contributed by atoms with E-state index < -0.39 is 10.0 Å². The fraction of sp³-hybridized carbons (Fsp3) is 0.300. The van der Waals surface area contributed by atoms with E-state index in [4.69, 9.17) is 4.42 Å². The van der Waals surface area contributed by atoms with Gasteiger partial charge in [0.2, 0.25) is 0 Å². The molecule has 4 rings (SSSR count). The maximum Gasteiger partial charge on any atom is 0.271 e. The molecule has 3 aromatic rings. The molecule has 7 heteroatoms. The lowest BCUT2D eigenvalue weighted by atomic mass is 9.99. The topological polar surface area (TPSA) is 55.5 Å². The van der Waals surface area contributed by atoms with Crippen LogP contribution in [0.5, 0.6) is 0 Å². The molecule has 0 bridgehead atoms. The fourth-order valence-corrected chi connectivity index (χ4v) is 5.21. The number of rotatable bonds is 3. The van der Waals surface area contributed by atoms with E-state index in [0.29, 0.717) is 22.4 Å². The van der Waals surface area contributed by atoms with Gasteiger partial charge in [-0.05, 0) is 51.1 Å². The van der Waals surface area contributed by atoms with Gasteiger partial charge in [-0.2, -0.15) is 0 Å². The summed E-state index contributed by atoms with van der Waals surface area (Å²) >= 11 is 0. The quantitative estimate of drug-likeness (QED) is 0.682. The number of aryl methyl sites for hydroxylation is 2. The minimum absolute atomic E-state index is 0.130. The van der Waals surface area contributed by atoms with Gasteiger partial charge < -0.3 is 9.32 Å². The molecule has 0 fully saturated rings. The monoisotopic (exact) mass is 388 g/mol. The van der Waals surface area contributed by atoms with E-state index in [1.54, 1.807) is 20.0 Å². The van der Waals surface area contributed by atoms with Gasteiger partial charge in [-0.1, -0.05) is 6.08 Å². The normalized spacial score (nSPS) is 16.1. The number of halogens is 1. The SMILES string of the molecule is Cc1cc(S(=O)(=O)n2cc(C3=CCN(C)CC3)c3cc(F)ccc32)c(C)o1. The third-order valence-electron chi connectivity index (χ3n) is 5.02. The molecule has 0 saturated carbocycles. The smallest absolute Gasteiger partial charge is 0.271 e. The van der Waals surface area contributed by atoms with Gasteiger partial charge in [-0.3, -0.25) is 0 Å². The number of likely N-dealkylation sites (N-methyl/N-ethyl adjacent to an activating group) is 1. The average molecular weight is 388 g/mol. The summed E-state index contributed by atoms with van der Waals surface area (Å²) in [7, 11) is -1.82. The van der Waals surface area contributed by atoms with Gasteiger partial charge in [0.25, 0.3) is 10.0 Å². The zero-order valence-corrected chi connectivity index (χ0v) is 16.3. The molecule has 0 unspecified atom stereocenters. The minimum Gasteiger partial charge on any atom is -0.465 e. The van der Waals surface area contributed by atoms with Crippen molar-refractivity contribution in [2.45, 2.75) is 25.2 Å². The summed E-state index contributed by atoms with van der Waals surface area (Å²) in [6.07, 6.45) is 4.47. The second-order valence-corrected chi connectivity index (χ2v) is 8.81. The molecular formula is C20H21FN2O3S. The Morgan fingerprint density at radius 2 is 1.96 bits per heavy atom. The summed E-state index contributed by atoms with van der Waals surface area (Å²) in [5.41, 5.74) is 2.27. The Morgan fingerprint density at radius 1 is 1.19 bits per heavy atom. The number of nitrogens with zero attached hydrogens (tertiary/aromatic N) is 2. The second kappa shape index (κ2) is 6.35. The van der Waals surface area contributed by atoms with Crippen LogP contribution in [-0.4, -0.2) is 37.4 Å². The van der Waals surface area contributed by atoms with Gasteiger partial charge in [0.05, 0.1) is 5.52 Å². The third kappa shape index (κ3) is 3.00. The highest BCUT2D eigenvalue weighted by atomic mass is 32.2. The lowest BCUT2D eigenvalue weighted by molar-refractivity contribution is 0.370. The van der Waals surface area contributed by atoms with Crippen LogP contribution in [-0.2, 0) is 10.0 Å². The lowest BCUT2D eigenvalue weighted by Gasteiger charge is -2.21. The standard InChI is InChI=1S/C20H21FN2O3S/c1-13-10-20(14(2)26-13)27(24,25)23-12-18(15-6-8-22(3)9-7-15)17-11-16(21)4-5-19(17)23/h4-6,10-12H,7-9H2,1-3H3. The fourth-order valence-electron chi connectivity index (χ4n) is 3.61. The van der Waals surface area contributed by atoms with Gasteiger partial charge in [-0.25, -0.2) is 16.8 Å². The van der Waals surface area contributed by atoms with Crippen molar-refractivity contribution in [2.24, 2.45) is 0 Å². The van der Waals surface area contributed by atoms with Gasteiger partial charge in [0, 0.05) is 36.3 Å². The van der Waals surface area contributed by atoms with Crippen molar-refractivity contribution >= 4 is 26.5 Å². The lowest BCUT2D eigenvalue weighted by Crippen LogP contribution is -2.23. The number of aromatic nitrogens is 1. The van der Waals surface area contributed by atoms with Gasteiger partial charge in [0.15, 0.2) is 0 Å². The van der Waals surface area contributed by atoms with Gasteiger partial charge >= 0.3 is 0 Å². The van der Waals surface area contributed by atoms with E-state index >= 15 is 0 Å². The van der Waals surface area contributed by atoms with Crippen LogP contribution in [0, 0.1) is 19.7 Å². The Hall–Kier alpha value is -2.38. The second-order valence-electron chi connectivity index (χ2n) is 7.02. The summed E-state index contributed by atoms with van der Waals surface area (Å²) in [6.45, 7) is 5.00. The van der Waals surface area contributed by atoms with Crippen LogP contribution >= 0.6 is 0 Å². The van der Waals surface area contributed by atoms with Crippen LogP contribution in [0.1, 0.15) is 23.5 Å². The van der Waals surface area contributed by atoms with Crippen molar-refractivity contribution in [3.8, 4) is 0 Å². The summed E-state index contributed by atoms with van der Waals surface area (Å²) in [5, 5.41) is 0.604. The molecule has 0 atom stereocenters. The number of furan rings is 1. The van der Waals surface area contributed by atoms with Crippen molar-refractivity contribution in [3.63, 3.8) is 0 Å². The molecule has 0 N–H and O–H groups in total. The van der Waals surface area contributed by atoms with Crippen molar-refractivity contribution in [1.29, 1.82) is 0 Å². The van der Waals surface area contributed by atoms with Crippen LogP contribution in [0.25, 0.3) is 16.5 Å². The summed E-state index contributed by atoms with van der Waals surface area (Å²) in [5.74, 6) is 0.492. The zero-order chi connectivity index (χ0) is 19.3. The highest BCUT2D eigenvalue weighted by Crippen LogP contribution is 2.34. The Balaban J connectivity index is 1.96. The molecule has 1 aromatic carbocycles. The molecule has 5 nitrogen and oxygen atoms in total. The number of hydrogen-bond donors (Lipinski definition) is 0. The molecule has 3 heterocycles. The van der Waals surface area contributed by atoms with Crippen molar-refractivity contribution in [1.82, 2.24) is 8.87 Å². The zero-order valence-electron chi connectivity index (χ0n) is 15.5. The average Bonchev–Trinajstić information content (AvgIpc) is 3.16. The molecule has 27 heavy (non-hydrogen) atoms. The maximum absolute atomic E-state index is 13.9. The van der Waals surface area contributed by atoms with E-state index in [1.807, 2.05) is 7.05 Å². The number of benzene rings is 1. The van der Waals surface area contributed by atoms with Crippen molar-refractivity contribution in [3.05, 3.63) is 59.4 Å². The molecule has 1 aliphatic rings. The van der Waals surface area contributed by atoms with Crippen molar-refractivity contribution in [2.75, 3.05) is 20.1 Å². The molecule has 0 amide bonds. The Bertz CT molecular complexity index is 1170. The summed E-state index contributed by atoms with van der Waals surface area (Å²) in [4.78, 5) is 2.31. The van der Waals surface area contributed by atoms with Crippen LogP contribution in [0.15, 0.2) is 45.9 Å². The molecule has 0 saturated heterocycles. The highest BCUT2D eigenvalue weighted by molar-refractivity contribution is 7.90. The van der Waals surface area contributed by atoms with E-state index in [9.17, 15) is 12.8 Å². The van der Waals surface area contributed by atoms with Crippen LogP contribution in [0.3, 0.4) is 0 Å². The molecule has 1 aliphatic heterocycles. The van der Waals surface area contributed by atoms with E-state index in [0.717, 1.165) is 30.6 Å². The predicted octanol–water partition coefficient (Wildman–Crippen LogP) is 3.95. The predicted molar refractivity (Wildman–Crippen MR) is 103 cm³/mol. The van der Waals surface area contributed by atoms with Crippen molar-refractivity contribution < 1.29 is 17.2 Å². The minimum atomic E-state index is -3.85. The molecule has 142 valence electrons. The number of fused-ring (bicyclic) bond motifs is 1. The third-order valence-corrected chi connectivity index (χ3v) is 6.80. The summed E-state index contributed by atoms with van der Waals surface area (Å²) < 4.78 is 47.2. The molecular weight excluding hydrogens is 367 g/mol. The van der Waals surface area contributed by atoms with Gasteiger partial charge in [-0.15, -0.1) is 0 Å². The largest absolute Gasteiger partial charge is 0.465 e. The molecule has 0 spiro atoms. The Kier molecular flexibility index (Phi) is 4.24. The first-order valence-corrected chi connectivity index (χ1v) is 10.2. The first-order valence-electron chi connectivity index (χ1n) is 8.78. The van der Waals surface area contributed by atoms with Gasteiger partial charge in [0.1, 0.15) is 22.2 Å². The summed E-state index contributed by atoms with van der Waals surface area (Å²) in [6, 6.07) is 5.73. The maximum atomic E-state index is 13.9. The van der Waals surface area contributed by atoms with Crippen LogP contribution in [0.4, 0.5) is 4.39 Å². The van der Waals surface area contributed by atoms with E-state index in [1.165, 1.54) is 28.2 Å². The number of hydrogen-bond acceptors (Lipinski definition) is 4. The Morgan fingerprint density at radius 3 is 2.59 bits per heavy atom. The van der Waals surface area contributed by atoms with E-state index in [-0.39, 0.29) is 10.7 Å².